The maximum Gasteiger partial charge on any atom is 0.301 e. The minimum absolute atomic E-state index is 0.0372. The summed E-state index contributed by atoms with van der Waals surface area (Å²) in [6, 6.07) is 3.59. The smallest absolute Gasteiger partial charge is 0.301 e. The molecule has 0 amide bonds. The Morgan fingerprint density at radius 2 is 1.81 bits per heavy atom. The van der Waals surface area contributed by atoms with Gasteiger partial charge in [-0.25, -0.2) is 9.67 Å². The number of nitrogens with zero attached hydrogens (tertiary/aromatic N) is 5. The first kappa shape index (κ1) is 18.1. The summed E-state index contributed by atoms with van der Waals surface area (Å²) in [6.45, 7) is 5.40. The molecule has 2 aromatic heterocycles. The zero-order chi connectivity index (χ0) is 19.0. The van der Waals surface area contributed by atoms with Crippen molar-refractivity contribution in [2.75, 3.05) is 0 Å². The molecule has 8 nitrogen and oxygen atoms in total. The maximum absolute atomic E-state index is 13.1. The minimum Gasteiger partial charge on any atom is -0.504 e. The number of aromatic nitrogens is 5. The number of rotatable bonds is 4. The van der Waals surface area contributed by atoms with E-state index in [-0.39, 0.29) is 23.3 Å². The van der Waals surface area contributed by atoms with Crippen molar-refractivity contribution in [2.24, 2.45) is 0 Å². The highest BCUT2D eigenvalue weighted by atomic mass is 35.5. The number of hydrogen-bond donors (Lipinski definition) is 2. The highest BCUT2D eigenvalue weighted by Gasteiger charge is 2.21. The Morgan fingerprint density at radius 1 is 1.15 bits per heavy atom. The second-order valence-corrected chi connectivity index (χ2v) is 6.25. The molecule has 0 atom stereocenters. The summed E-state index contributed by atoms with van der Waals surface area (Å²) in [4.78, 5) is 16.9. The number of benzene rings is 1. The SMILES string of the molecule is CCc1nn(-c2c(C)cc(CO)cc2C)c(=O)c(-n2cnc(Cl)n2)c1O. The predicted octanol–water partition coefficient (Wildman–Crippen LogP) is 1.84. The fourth-order valence-electron chi connectivity index (χ4n) is 2.97. The number of aryl methyl sites for hydroxylation is 3. The van der Waals surface area contributed by atoms with Crippen LogP contribution in [0.1, 0.15) is 29.3 Å². The molecule has 0 radical (unpaired) electrons. The van der Waals surface area contributed by atoms with Crippen LogP contribution < -0.4 is 5.56 Å². The Hall–Kier alpha value is -2.71. The fraction of sp³-hybridized carbons (Fsp3) is 0.294. The molecule has 2 heterocycles. The molecule has 0 fully saturated rings. The van der Waals surface area contributed by atoms with Gasteiger partial charge < -0.3 is 10.2 Å². The van der Waals surface area contributed by atoms with E-state index >= 15 is 0 Å². The van der Waals surface area contributed by atoms with Gasteiger partial charge in [-0.05, 0) is 48.6 Å². The van der Waals surface area contributed by atoms with E-state index in [0.717, 1.165) is 21.4 Å². The van der Waals surface area contributed by atoms with Crippen molar-refractivity contribution in [1.82, 2.24) is 24.5 Å². The Balaban J connectivity index is 2.35. The Morgan fingerprint density at radius 3 is 2.31 bits per heavy atom. The van der Waals surface area contributed by atoms with Gasteiger partial charge in [-0.3, -0.25) is 4.79 Å². The molecular formula is C17H18ClN5O3. The molecule has 26 heavy (non-hydrogen) atoms. The summed E-state index contributed by atoms with van der Waals surface area (Å²) in [5.41, 5.74) is 2.61. The van der Waals surface area contributed by atoms with E-state index in [9.17, 15) is 15.0 Å². The second kappa shape index (κ2) is 6.89. The average Bonchev–Trinajstić information content (AvgIpc) is 3.02. The molecule has 0 aliphatic carbocycles. The van der Waals surface area contributed by atoms with Crippen LogP contribution in [0.15, 0.2) is 23.3 Å². The van der Waals surface area contributed by atoms with Crippen LogP contribution in [-0.2, 0) is 13.0 Å². The van der Waals surface area contributed by atoms with Crippen LogP contribution in [0.4, 0.5) is 0 Å². The van der Waals surface area contributed by atoms with Crippen LogP contribution in [-0.4, -0.2) is 34.8 Å². The van der Waals surface area contributed by atoms with Gasteiger partial charge >= 0.3 is 5.56 Å². The molecule has 3 rings (SSSR count). The number of aliphatic hydroxyl groups excluding tert-OH is 1. The third-order valence-corrected chi connectivity index (χ3v) is 4.26. The lowest BCUT2D eigenvalue weighted by molar-refractivity contribution is 0.281. The van der Waals surface area contributed by atoms with Gasteiger partial charge in [-0.15, -0.1) is 5.10 Å². The van der Waals surface area contributed by atoms with Crippen molar-refractivity contribution in [3.05, 3.63) is 56.5 Å². The molecule has 0 aliphatic rings. The highest BCUT2D eigenvalue weighted by Crippen LogP contribution is 2.25. The van der Waals surface area contributed by atoms with Crippen molar-refractivity contribution < 1.29 is 10.2 Å². The zero-order valence-corrected chi connectivity index (χ0v) is 15.3. The Kier molecular flexibility index (Phi) is 4.80. The van der Waals surface area contributed by atoms with Crippen LogP contribution in [0.2, 0.25) is 5.28 Å². The number of hydrogen-bond acceptors (Lipinski definition) is 6. The van der Waals surface area contributed by atoms with Crippen LogP contribution >= 0.6 is 11.6 Å². The van der Waals surface area contributed by atoms with Crippen molar-refractivity contribution in [3.63, 3.8) is 0 Å². The minimum atomic E-state index is -0.552. The van der Waals surface area contributed by atoms with Gasteiger partial charge in [0.05, 0.1) is 12.3 Å². The quantitative estimate of drug-likeness (QED) is 0.720. The van der Waals surface area contributed by atoms with Crippen LogP contribution in [0.25, 0.3) is 11.4 Å². The van der Waals surface area contributed by atoms with E-state index in [1.165, 1.54) is 11.0 Å². The van der Waals surface area contributed by atoms with Gasteiger partial charge in [0.1, 0.15) is 12.0 Å². The summed E-state index contributed by atoms with van der Waals surface area (Å²) in [5.74, 6) is -0.252. The molecule has 0 aliphatic heterocycles. The van der Waals surface area contributed by atoms with Crippen LogP contribution in [0, 0.1) is 13.8 Å². The number of aliphatic hydroxyl groups is 1. The molecule has 9 heteroatoms. The molecule has 1 aromatic carbocycles. The van der Waals surface area contributed by atoms with Gasteiger partial charge in [-0.1, -0.05) is 19.1 Å². The van der Waals surface area contributed by atoms with E-state index in [2.05, 4.69) is 15.2 Å². The zero-order valence-electron chi connectivity index (χ0n) is 14.6. The highest BCUT2D eigenvalue weighted by molar-refractivity contribution is 6.28. The molecular weight excluding hydrogens is 358 g/mol. The fourth-order valence-corrected chi connectivity index (χ4v) is 3.09. The van der Waals surface area contributed by atoms with Crippen molar-refractivity contribution in [3.8, 4) is 17.1 Å². The lowest BCUT2D eigenvalue weighted by atomic mass is 10.0. The summed E-state index contributed by atoms with van der Waals surface area (Å²) in [5, 5.41) is 28.1. The van der Waals surface area contributed by atoms with Crippen molar-refractivity contribution in [2.45, 2.75) is 33.8 Å². The largest absolute Gasteiger partial charge is 0.504 e. The van der Waals surface area contributed by atoms with Gasteiger partial charge in [0.2, 0.25) is 5.28 Å². The predicted molar refractivity (Wildman–Crippen MR) is 96.2 cm³/mol. The van der Waals surface area contributed by atoms with Gasteiger partial charge in [0.25, 0.3) is 0 Å². The molecule has 2 N–H and O–H groups in total. The van der Waals surface area contributed by atoms with Gasteiger partial charge in [0.15, 0.2) is 11.4 Å². The molecule has 0 saturated heterocycles. The van der Waals surface area contributed by atoms with E-state index in [1.807, 2.05) is 20.8 Å². The monoisotopic (exact) mass is 375 g/mol. The van der Waals surface area contributed by atoms with Gasteiger partial charge in [-0.2, -0.15) is 9.78 Å². The maximum atomic E-state index is 13.1. The molecule has 136 valence electrons. The standard InChI is InChI=1S/C17H18ClN5O3/c1-4-12-15(25)14(22-8-19-17(18)21-22)16(26)23(20-12)13-9(2)5-11(7-24)6-10(13)3/h5-6,8,24-25H,4,7H2,1-3H3. The van der Waals surface area contributed by atoms with E-state index < -0.39 is 5.56 Å². The van der Waals surface area contributed by atoms with Crippen molar-refractivity contribution in [1.29, 1.82) is 0 Å². The first-order valence-electron chi connectivity index (χ1n) is 8.01. The summed E-state index contributed by atoms with van der Waals surface area (Å²) < 4.78 is 2.39. The molecule has 0 unspecified atom stereocenters. The lowest BCUT2D eigenvalue weighted by Gasteiger charge is -2.16. The third kappa shape index (κ3) is 2.97. The number of halogens is 1. The van der Waals surface area contributed by atoms with Crippen LogP contribution in [0.3, 0.4) is 0 Å². The first-order chi connectivity index (χ1) is 12.4. The topological polar surface area (TPSA) is 106 Å². The summed E-state index contributed by atoms with van der Waals surface area (Å²) >= 11 is 5.76. The van der Waals surface area contributed by atoms with E-state index in [1.54, 1.807) is 12.1 Å². The number of aromatic hydroxyl groups is 1. The normalized spacial score (nSPS) is 11.1. The lowest BCUT2D eigenvalue weighted by Crippen LogP contribution is -2.28. The van der Waals surface area contributed by atoms with Crippen LogP contribution in [0.5, 0.6) is 5.75 Å². The first-order valence-corrected chi connectivity index (χ1v) is 8.39. The van der Waals surface area contributed by atoms with Crippen molar-refractivity contribution >= 4 is 11.6 Å². The summed E-state index contributed by atoms with van der Waals surface area (Å²) in [7, 11) is 0. The van der Waals surface area contributed by atoms with E-state index in [0.29, 0.717) is 17.8 Å². The van der Waals surface area contributed by atoms with Gasteiger partial charge in [0, 0.05) is 0 Å². The molecule has 0 saturated carbocycles. The summed E-state index contributed by atoms with van der Waals surface area (Å²) in [6.07, 6.45) is 1.67. The third-order valence-electron chi connectivity index (χ3n) is 4.09. The average molecular weight is 376 g/mol. The molecule has 0 bridgehead atoms. The molecule has 0 spiro atoms. The van der Waals surface area contributed by atoms with E-state index in [4.69, 9.17) is 11.6 Å². The molecule has 3 aromatic rings. The Bertz CT molecular complexity index is 1020. The Labute approximate surface area is 154 Å². The second-order valence-electron chi connectivity index (χ2n) is 5.91.